The van der Waals surface area contributed by atoms with Gasteiger partial charge in [-0.1, -0.05) is 13.3 Å². The summed E-state index contributed by atoms with van der Waals surface area (Å²) in [4.78, 5) is 44.4. The first-order valence-electron chi connectivity index (χ1n) is 18.1. The Balaban J connectivity index is 1.21. The normalized spacial score (nSPS) is 21.5. The molecule has 3 aromatic rings. The van der Waals surface area contributed by atoms with E-state index < -0.39 is 24.5 Å². The Labute approximate surface area is 282 Å². The van der Waals surface area contributed by atoms with Gasteiger partial charge in [-0.05, 0) is 92.5 Å². The molecule has 8 rings (SSSR count). The summed E-state index contributed by atoms with van der Waals surface area (Å²) in [6.45, 7) is 2.07. The third-order valence-electron chi connectivity index (χ3n) is 10.3. The third kappa shape index (κ3) is 4.53. The van der Waals surface area contributed by atoms with Gasteiger partial charge >= 0.3 is 6.09 Å². The van der Waals surface area contributed by atoms with Crippen LogP contribution in [-0.4, -0.2) is 52.8 Å². The van der Waals surface area contributed by atoms with Crippen molar-refractivity contribution in [1.82, 2.24) is 14.7 Å². The number of amides is 1. The van der Waals surface area contributed by atoms with Crippen LogP contribution >= 0.6 is 0 Å². The van der Waals surface area contributed by atoms with Crippen molar-refractivity contribution in [3.8, 4) is 5.69 Å². The van der Waals surface area contributed by atoms with Gasteiger partial charge in [0, 0.05) is 58.8 Å². The summed E-state index contributed by atoms with van der Waals surface area (Å²) >= 11 is 0. The maximum absolute atomic E-state index is 15.0. The van der Waals surface area contributed by atoms with Crippen molar-refractivity contribution in [2.75, 3.05) is 34.8 Å². The fraction of sp³-hybridized carbons (Fsp3) is 0.405. The zero-order valence-electron chi connectivity index (χ0n) is 29.8. The zero-order chi connectivity index (χ0) is 35.8. The second-order valence-corrected chi connectivity index (χ2v) is 13.2. The largest absolute Gasteiger partial charge is 0.449 e. The number of hydrogen-bond acceptors (Lipinski definition) is 8. The number of benzene rings is 2. The highest BCUT2D eigenvalue weighted by Crippen LogP contribution is 2.62. The highest BCUT2D eigenvalue weighted by molar-refractivity contribution is 5.85. The standard InChI is InChI=1S/C37H37FN6O4/c1-4-5-18-48-36(47)41-15-12-30-34(23(41)2)35(44(39-30)26-8-10-29(38)27(19-26)24-6-7-24)43-17-16-42(33(43)22-46)25-9-11-31-28(20-25)37(13-14-37)32(21-45)40(31)3/h8-11,16-17,19-20,23-24H,4-7,12-15,18H2,1-3H3/t23-/m0/s1/i3D3. The minimum atomic E-state index is -2.57. The number of carbonyl (C=O) groups excluding carboxylic acids is 3. The molecular formula is C37H37FN6O4. The predicted molar refractivity (Wildman–Crippen MR) is 179 cm³/mol. The molecule has 1 spiro atoms. The smallest absolute Gasteiger partial charge is 0.410 e. The number of rotatable bonds is 7. The first-order chi connectivity index (χ1) is 24.5. The Morgan fingerprint density at radius 1 is 1.10 bits per heavy atom. The fourth-order valence-electron chi connectivity index (χ4n) is 7.43. The summed E-state index contributed by atoms with van der Waals surface area (Å²) < 4.78 is 46.6. The molecule has 246 valence electrons. The number of nitrogens with zero attached hydrogens (tertiary/aromatic N) is 6. The molecule has 0 saturated heterocycles. The molecule has 0 unspecified atom stereocenters. The van der Waals surface area contributed by atoms with Gasteiger partial charge in [-0.15, -0.1) is 0 Å². The minimum absolute atomic E-state index is 0.103. The summed E-state index contributed by atoms with van der Waals surface area (Å²) in [5.41, 5.74) is 3.76. The van der Waals surface area contributed by atoms with Gasteiger partial charge < -0.3 is 14.5 Å². The lowest BCUT2D eigenvalue weighted by molar-refractivity contribution is 0.0849. The van der Waals surface area contributed by atoms with Crippen molar-refractivity contribution in [3.05, 3.63) is 88.5 Å². The van der Waals surface area contributed by atoms with E-state index in [4.69, 9.17) is 13.9 Å². The van der Waals surface area contributed by atoms with Crippen LogP contribution in [0.4, 0.5) is 26.4 Å². The lowest BCUT2D eigenvalue weighted by Crippen LogP contribution is -2.39. The average Bonchev–Trinajstić information content (AvgIpc) is 4.00. The van der Waals surface area contributed by atoms with Crippen LogP contribution in [0.5, 0.6) is 0 Å². The molecule has 11 heteroatoms. The molecular weight excluding hydrogens is 611 g/mol. The number of anilines is 3. The number of ether oxygens (including phenoxy) is 1. The van der Waals surface area contributed by atoms with Crippen molar-refractivity contribution in [2.24, 2.45) is 0 Å². The Morgan fingerprint density at radius 2 is 1.90 bits per heavy atom. The van der Waals surface area contributed by atoms with E-state index in [0.29, 0.717) is 66.4 Å². The number of carbonyl (C=O) groups is 1. The molecule has 3 aliphatic heterocycles. The predicted octanol–water partition coefficient (Wildman–Crippen LogP) is 6.41. The number of aromatic nitrogens is 2. The molecule has 1 aromatic heterocycles. The number of unbranched alkanes of at least 4 members (excludes halogenated alkanes) is 1. The Hall–Kier alpha value is -5.11. The summed E-state index contributed by atoms with van der Waals surface area (Å²) in [5, 5.41) is 5.01. The highest BCUT2D eigenvalue weighted by Gasteiger charge is 2.56. The van der Waals surface area contributed by atoms with Gasteiger partial charge in [0.1, 0.15) is 23.3 Å². The maximum Gasteiger partial charge on any atom is 0.410 e. The van der Waals surface area contributed by atoms with Crippen molar-refractivity contribution >= 4 is 35.2 Å². The number of fused-ring (bicyclic) bond motifs is 3. The molecule has 10 nitrogen and oxygen atoms in total. The van der Waals surface area contributed by atoms with Crippen LogP contribution in [0.3, 0.4) is 0 Å². The Kier molecular flexibility index (Phi) is 6.31. The first-order valence-corrected chi connectivity index (χ1v) is 16.6. The van der Waals surface area contributed by atoms with Crippen LogP contribution in [0, 0.1) is 5.82 Å². The molecule has 0 radical (unpaired) electrons. The van der Waals surface area contributed by atoms with Crippen molar-refractivity contribution in [2.45, 2.75) is 76.2 Å². The minimum Gasteiger partial charge on any atom is -0.449 e. The molecule has 1 atom stereocenters. The third-order valence-corrected chi connectivity index (χ3v) is 10.3. The second kappa shape index (κ2) is 11.3. The van der Waals surface area contributed by atoms with E-state index >= 15 is 0 Å². The van der Waals surface area contributed by atoms with E-state index in [1.54, 1.807) is 50.0 Å². The van der Waals surface area contributed by atoms with Gasteiger partial charge in [-0.2, -0.15) is 5.10 Å². The summed E-state index contributed by atoms with van der Waals surface area (Å²) in [5.74, 6) is 4.51. The maximum atomic E-state index is 15.0. The Bertz CT molecular complexity index is 2090. The summed E-state index contributed by atoms with van der Waals surface area (Å²) in [7, 11) is 0. The average molecular weight is 652 g/mol. The van der Waals surface area contributed by atoms with Crippen LogP contribution in [0.1, 0.15) is 90.8 Å². The van der Waals surface area contributed by atoms with Crippen molar-refractivity contribution in [1.29, 1.82) is 0 Å². The lowest BCUT2D eigenvalue weighted by atomic mass is 9.95. The number of allylic oxidation sites excluding steroid dienone is 1. The van der Waals surface area contributed by atoms with E-state index in [-0.39, 0.29) is 23.3 Å². The number of hydrogen-bond donors (Lipinski definition) is 0. The summed E-state index contributed by atoms with van der Waals surface area (Å²) in [6.07, 6.45) is 8.13. The van der Waals surface area contributed by atoms with E-state index in [1.165, 1.54) is 6.07 Å². The molecule has 2 aliphatic carbocycles. The molecule has 48 heavy (non-hydrogen) atoms. The van der Waals surface area contributed by atoms with Gasteiger partial charge in [0.25, 0.3) is 0 Å². The van der Waals surface area contributed by atoms with Crippen LogP contribution in [0.2, 0.25) is 0 Å². The van der Waals surface area contributed by atoms with Crippen molar-refractivity contribution in [3.63, 3.8) is 0 Å². The SMILES string of the molecule is [2H]C([2H])([2H])N1C(=C=O)C2(CC2)c2cc(N3C=CN(c4c5c(nn4-c4ccc(F)c(C6CC6)c4)CCN(C(=O)OCCCC)[C@H]5C)C3=C=O)ccc21. The van der Waals surface area contributed by atoms with E-state index in [9.17, 15) is 18.8 Å². The van der Waals surface area contributed by atoms with Crippen LogP contribution in [0.25, 0.3) is 5.69 Å². The molecule has 4 heterocycles. The first kappa shape index (κ1) is 26.9. The molecule has 2 aromatic carbocycles. The molecule has 1 amide bonds. The van der Waals surface area contributed by atoms with Gasteiger partial charge in [0.2, 0.25) is 5.82 Å². The fourth-order valence-corrected chi connectivity index (χ4v) is 7.43. The topological polar surface area (TPSA) is 91.2 Å². The Morgan fingerprint density at radius 3 is 2.60 bits per heavy atom. The van der Waals surface area contributed by atoms with Crippen molar-refractivity contribution < 1.29 is 27.6 Å². The van der Waals surface area contributed by atoms with Gasteiger partial charge in [0.15, 0.2) is 5.94 Å². The quantitative estimate of drug-likeness (QED) is 0.214. The molecule has 0 N–H and O–H groups in total. The molecule has 5 aliphatic rings. The van der Waals surface area contributed by atoms with Crippen LogP contribution < -0.4 is 14.7 Å². The molecule has 2 saturated carbocycles. The second-order valence-electron chi connectivity index (χ2n) is 13.2. The van der Waals surface area contributed by atoms with Gasteiger partial charge in [-0.25, -0.2) is 23.5 Å². The highest BCUT2D eigenvalue weighted by atomic mass is 19.1. The van der Waals surface area contributed by atoms with Gasteiger partial charge in [0.05, 0.1) is 24.0 Å². The van der Waals surface area contributed by atoms with E-state index in [0.717, 1.165) is 41.8 Å². The molecule has 2 fully saturated rings. The number of likely N-dealkylation sites (N-methyl/N-ethyl adjacent to an activating group) is 1. The van der Waals surface area contributed by atoms with Crippen LogP contribution in [-0.2, 0) is 26.2 Å². The van der Waals surface area contributed by atoms with Gasteiger partial charge in [-0.3, -0.25) is 9.80 Å². The summed E-state index contributed by atoms with van der Waals surface area (Å²) in [6, 6.07) is 9.63. The van der Waals surface area contributed by atoms with E-state index in [2.05, 4.69) is 5.94 Å². The lowest BCUT2D eigenvalue weighted by Gasteiger charge is -2.34. The monoisotopic (exact) mass is 651 g/mol. The van der Waals surface area contributed by atoms with Crippen LogP contribution in [0.15, 0.2) is 60.3 Å². The molecule has 0 bridgehead atoms. The van der Waals surface area contributed by atoms with E-state index in [1.807, 2.05) is 31.9 Å². The number of halogens is 1. The zero-order valence-corrected chi connectivity index (χ0v) is 26.8.